The monoisotopic (exact) mass is 348 g/mol. The van der Waals surface area contributed by atoms with Crippen molar-refractivity contribution >= 4 is 23.9 Å². The van der Waals surface area contributed by atoms with E-state index in [0.29, 0.717) is 0 Å². The Bertz CT molecular complexity index is 502. The van der Waals surface area contributed by atoms with Crippen molar-refractivity contribution in [2.75, 3.05) is 6.61 Å². The zero-order valence-electron chi connectivity index (χ0n) is 13.7. The van der Waals surface area contributed by atoms with Gasteiger partial charge in [-0.2, -0.15) is 0 Å². The molecule has 10 nitrogen and oxygen atoms in total. The first-order valence-electron chi connectivity index (χ1n) is 7.10. The van der Waals surface area contributed by atoms with Crippen LogP contribution >= 0.6 is 0 Å². The highest BCUT2D eigenvalue weighted by Crippen LogP contribution is 2.28. The van der Waals surface area contributed by atoms with Gasteiger partial charge in [0.2, 0.25) is 0 Å². The minimum atomic E-state index is -1.68. The summed E-state index contributed by atoms with van der Waals surface area (Å²) in [4.78, 5) is 44.9. The Morgan fingerprint density at radius 1 is 0.792 bits per heavy atom. The second-order valence-electron chi connectivity index (χ2n) is 5.09. The van der Waals surface area contributed by atoms with Crippen molar-refractivity contribution in [1.29, 1.82) is 0 Å². The molecule has 1 saturated heterocycles. The van der Waals surface area contributed by atoms with E-state index in [9.17, 15) is 24.3 Å². The maximum absolute atomic E-state index is 11.3. The van der Waals surface area contributed by atoms with Gasteiger partial charge in [-0.05, 0) is 0 Å². The van der Waals surface area contributed by atoms with Crippen molar-refractivity contribution in [3.05, 3.63) is 0 Å². The van der Waals surface area contributed by atoms with Gasteiger partial charge in [-0.3, -0.25) is 19.2 Å². The van der Waals surface area contributed by atoms with Gasteiger partial charge in [-0.15, -0.1) is 0 Å². The lowest BCUT2D eigenvalue weighted by atomic mass is 9.98. The van der Waals surface area contributed by atoms with Gasteiger partial charge < -0.3 is 28.8 Å². The molecule has 0 aromatic rings. The van der Waals surface area contributed by atoms with Crippen LogP contribution in [-0.2, 0) is 42.9 Å². The number of carbonyl (C=O) groups is 4. The Morgan fingerprint density at radius 2 is 1.25 bits per heavy atom. The molecule has 0 aliphatic carbocycles. The van der Waals surface area contributed by atoms with E-state index in [1.165, 1.54) is 0 Å². The van der Waals surface area contributed by atoms with Crippen molar-refractivity contribution in [1.82, 2.24) is 0 Å². The molecule has 1 unspecified atom stereocenters. The molecule has 0 aromatic heterocycles. The summed E-state index contributed by atoms with van der Waals surface area (Å²) < 4.78 is 25.0. The minimum Gasteiger partial charge on any atom is -0.463 e. The largest absolute Gasteiger partial charge is 0.463 e. The Morgan fingerprint density at radius 3 is 1.71 bits per heavy atom. The van der Waals surface area contributed by atoms with E-state index in [1.807, 2.05) is 0 Å². The molecule has 136 valence electrons. The molecule has 1 aliphatic rings. The van der Waals surface area contributed by atoms with Crippen LogP contribution in [0.1, 0.15) is 27.7 Å². The highest BCUT2D eigenvalue weighted by atomic mass is 16.7. The number of aliphatic hydroxyl groups is 1. The zero-order valence-corrected chi connectivity index (χ0v) is 13.7. The summed E-state index contributed by atoms with van der Waals surface area (Å²) in [5.41, 5.74) is 0. The molecule has 0 radical (unpaired) electrons. The van der Waals surface area contributed by atoms with E-state index in [0.717, 1.165) is 27.7 Å². The molecule has 0 saturated carbocycles. The average Bonchev–Trinajstić information content (AvgIpc) is 2.42. The molecule has 24 heavy (non-hydrogen) atoms. The summed E-state index contributed by atoms with van der Waals surface area (Å²) in [5.74, 6) is -2.87. The van der Waals surface area contributed by atoms with Gasteiger partial charge in [0.05, 0.1) is 0 Å². The topological polar surface area (TPSA) is 135 Å². The first-order chi connectivity index (χ1) is 11.1. The lowest BCUT2D eigenvalue weighted by Crippen LogP contribution is -2.62. The van der Waals surface area contributed by atoms with E-state index in [4.69, 9.17) is 23.7 Å². The van der Waals surface area contributed by atoms with E-state index in [2.05, 4.69) is 0 Å². The fourth-order valence-corrected chi connectivity index (χ4v) is 2.21. The van der Waals surface area contributed by atoms with Crippen molar-refractivity contribution < 1.29 is 48.0 Å². The Labute approximate surface area is 137 Å². The number of aliphatic hydroxyl groups excluding tert-OH is 1. The molecule has 0 amide bonds. The maximum Gasteiger partial charge on any atom is 0.303 e. The predicted molar refractivity (Wildman–Crippen MR) is 74.2 cm³/mol. The quantitative estimate of drug-likeness (QED) is 0.490. The van der Waals surface area contributed by atoms with Gasteiger partial charge in [0.15, 0.2) is 24.6 Å². The summed E-state index contributed by atoms with van der Waals surface area (Å²) in [7, 11) is 0. The normalized spacial score (nSPS) is 29.3. The standard InChI is InChI=1S/C14H20O10/c1-6(15)20-5-10-11(21-7(2)16)12(22-8(3)17)13(14(19)24-10)23-9(4)18/h10-14,19H,5H2,1-4H3/t10-,11?,12+,13-,14-/m1/s1. The summed E-state index contributed by atoms with van der Waals surface area (Å²) in [6.07, 6.45) is -6.79. The second-order valence-corrected chi connectivity index (χ2v) is 5.09. The first kappa shape index (κ1) is 19.8. The van der Waals surface area contributed by atoms with Crippen LogP contribution in [-0.4, -0.2) is 66.3 Å². The molecule has 0 spiro atoms. The third-order valence-electron chi connectivity index (χ3n) is 2.97. The van der Waals surface area contributed by atoms with Gasteiger partial charge in [0, 0.05) is 27.7 Å². The molecule has 1 heterocycles. The third-order valence-corrected chi connectivity index (χ3v) is 2.97. The van der Waals surface area contributed by atoms with E-state index in [-0.39, 0.29) is 6.61 Å². The molecule has 1 aliphatic heterocycles. The summed E-state index contributed by atoms with van der Waals surface area (Å²) in [6.45, 7) is 4.09. The van der Waals surface area contributed by atoms with Crippen LogP contribution in [0.25, 0.3) is 0 Å². The number of rotatable bonds is 5. The van der Waals surface area contributed by atoms with Crippen LogP contribution < -0.4 is 0 Å². The fraction of sp³-hybridized carbons (Fsp3) is 0.714. The number of ether oxygens (including phenoxy) is 5. The Hall–Kier alpha value is -2.20. The van der Waals surface area contributed by atoms with Crippen molar-refractivity contribution in [3.63, 3.8) is 0 Å². The zero-order chi connectivity index (χ0) is 18.4. The van der Waals surface area contributed by atoms with Crippen LogP contribution in [0, 0.1) is 0 Å². The van der Waals surface area contributed by atoms with Gasteiger partial charge in [0.25, 0.3) is 0 Å². The second kappa shape index (κ2) is 8.60. The molecular weight excluding hydrogens is 328 g/mol. The van der Waals surface area contributed by atoms with E-state index in [1.54, 1.807) is 0 Å². The molecular formula is C14H20O10. The molecule has 1 fully saturated rings. The van der Waals surface area contributed by atoms with Crippen LogP contribution in [0.2, 0.25) is 0 Å². The third kappa shape index (κ3) is 5.78. The van der Waals surface area contributed by atoms with Gasteiger partial charge in [0.1, 0.15) is 12.7 Å². The maximum atomic E-state index is 11.3. The SMILES string of the molecule is CC(=O)OC[C@H]1O[C@@H](O)[C@H](OC(C)=O)[C@@H](OC(C)=O)C1OC(C)=O. The van der Waals surface area contributed by atoms with Crippen LogP contribution in [0.4, 0.5) is 0 Å². The number of hydrogen-bond donors (Lipinski definition) is 1. The predicted octanol–water partition coefficient (Wildman–Crippen LogP) is -0.938. The number of carbonyl (C=O) groups excluding carboxylic acids is 4. The Balaban J connectivity index is 3.11. The van der Waals surface area contributed by atoms with Crippen LogP contribution in [0.5, 0.6) is 0 Å². The van der Waals surface area contributed by atoms with E-state index >= 15 is 0 Å². The Kier molecular flexibility index (Phi) is 7.11. The van der Waals surface area contributed by atoms with Crippen molar-refractivity contribution in [3.8, 4) is 0 Å². The molecule has 1 rings (SSSR count). The lowest BCUT2D eigenvalue weighted by Gasteiger charge is -2.42. The molecule has 0 bridgehead atoms. The van der Waals surface area contributed by atoms with Gasteiger partial charge in [-0.25, -0.2) is 0 Å². The fourth-order valence-electron chi connectivity index (χ4n) is 2.21. The number of esters is 4. The minimum absolute atomic E-state index is 0.366. The summed E-state index contributed by atoms with van der Waals surface area (Å²) >= 11 is 0. The van der Waals surface area contributed by atoms with Crippen molar-refractivity contribution in [2.45, 2.75) is 58.4 Å². The molecule has 0 aromatic carbocycles. The van der Waals surface area contributed by atoms with Crippen LogP contribution in [0.3, 0.4) is 0 Å². The van der Waals surface area contributed by atoms with Gasteiger partial charge >= 0.3 is 23.9 Å². The number of hydrogen-bond acceptors (Lipinski definition) is 10. The highest BCUT2D eigenvalue weighted by Gasteiger charge is 2.51. The molecule has 10 heteroatoms. The van der Waals surface area contributed by atoms with Crippen LogP contribution in [0.15, 0.2) is 0 Å². The average molecular weight is 348 g/mol. The van der Waals surface area contributed by atoms with Gasteiger partial charge in [-0.1, -0.05) is 0 Å². The first-order valence-corrected chi connectivity index (χ1v) is 7.10. The van der Waals surface area contributed by atoms with Crippen molar-refractivity contribution in [2.24, 2.45) is 0 Å². The molecule has 1 N–H and O–H groups in total. The summed E-state index contributed by atoms with van der Waals surface area (Å²) in [5, 5.41) is 10.0. The lowest BCUT2D eigenvalue weighted by molar-refractivity contribution is -0.296. The van der Waals surface area contributed by atoms with E-state index < -0.39 is 54.6 Å². The summed E-state index contributed by atoms with van der Waals surface area (Å²) in [6, 6.07) is 0. The highest BCUT2D eigenvalue weighted by molar-refractivity contribution is 5.68. The molecule has 5 atom stereocenters. The smallest absolute Gasteiger partial charge is 0.303 e.